The largest absolute Gasteiger partial charge is 0.396 e. The summed E-state index contributed by atoms with van der Waals surface area (Å²) in [6.45, 7) is 2.13. The third kappa shape index (κ3) is 1.40. The number of hydrogen-bond donors (Lipinski definition) is 2. The molecule has 2 N–H and O–H groups in total. The lowest BCUT2D eigenvalue weighted by atomic mass is 10.0. The third-order valence-corrected chi connectivity index (χ3v) is 2.18. The summed E-state index contributed by atoms with van der Waals surface area (Å²) in [6.07, 6.45) is 0. The van der Waals surface area contributed by atoms with Crippen LogP contribution in [0, 0.1) is 0 Å². The predicted molar refractivity (Wildman–Crippen MR) is 49.4 cm³/mol. The van der Waals surface area contributed by atoms with E-state index in [2.05, 4.69) is 15.4 Å². The summed E-state index contributed by atoms with van der Waals surface area (Å²) in [5, 5.41) is 19.5. The smallest absolute Gasteiger partial charge is 0.113 e. The van der Waals surface area contributed by atoms with Crippen molar-refractivity contribution in [1.82, 2.24) is 15.4 Å². The summed E-state index contributed by atoms with van der Waals surface area (Å²) in [5.74, 6) is 0.154. The molecule has 0 fully saturated rings. The standard InChI is InChI=1S/C9H11N3O/c1-6(5-13)7-2-3-8-9(4-7)11-12-10-8/h2-4,6,13H,5H2,1H3,(H,10,11,12). The van der Waals surface area contributed by atoms with Crippen LogP contribution < -0.4 is 0 Å². The van der Waals surface area contributed by atoms with Crippen LogP contribution in [0.15, 0.2) is 18.2 Å². The first-order chi connectivity index (χ1) is 6.31. The molecular weight excluding hydrogens is 166 g/mol. The minimum atomic E-state index is 0.154. The third-order valence-electron chi connectivity index (χ3n) is 2.18. The van der Waals surface area contributed by atoms with E-state index in [-0.39, 0.29) is 12.5 Å². The van der Waals surface area contributed by atoms with Crippen LogP contribution in [0.1, 0.15) is 18.4 Å². The van der Waals surface area contributed by atoms with Crippen LogP contribution in [0.5, 0.6) is 0 Å². The van der Waals surface area contributed by atoms with E-state index in [0.717, 1.165) is 16.6 Å². The number of aliphatic hydroxyl groups excluding tert-OH is 1. The van der Waals surface area contributed by atoms with Gasteiger partial charge in [0, 0.05) is 12.5 Å². The van der Waals surface area contributed by atoms with Gasteiger partial charge in [0.15, 0.2) is 0 Å². The summed E-state index contributed by atoms with van der Waals surface area (Å²) in [7, 11) is 0. The first-order valence-corrected chi connectivity index (χ1v) is 4.22. The molecule has 0 aliphatic rings. The first kappa shape index (κ1) is 8.19. The van der Waals surface area contributed by atoms with Gasteiger partial charge < -0.3 is 5.11 Å². The SMILES string of the molecule is CC(CO)c1ccc2n[nH]nc2c1. The van der Waals surface area contributed by atoms with E-state index in [9.17, 15) is 0 Å². The van der Waals surface area contributed by atoms with Crippen molar-refractivity contribution in [3.63, 3.8) is 0 Å². The van der Waals surface area contributed by atoms with E-state index in [0.29, 0.717) is 0 Å². The number of fused-ring (bicyclic) bond motifs is 1. The van der Waals surface area contributed by atoms with Crippen LogP contribution in [0.25, 0.3) is 11.0 Å². The number of benzene rings is 1. The predicted octanol–water partition coefficient (Wildman–Crippen LogP) is 1.05. The van der Waals surface area contributed by atoms with Crippen LogP contribution in [0.2, 0.25) is 0 Å². The molecule has 4 heteroatoms. The number of aromatic nitrogens is 3. The Bertz CT molecular complexity index is 410. The summed E-state index contributed by atoms with van der Waals surface area (Å²) in [6, 6.07) is 5.81. The molecule has 0 amide bonds. The fourth-order valence-electron chi connectivity index (χ4n) is 1.27. The monoisotopic (exact) mass is 177 g/mol. The number of aromatic amines is 1. The van der Waals surface area contributed by atoms with E-state index >= 15 is 0 Å². The summed E-state index contributed by atoms with van der Waals surface area (Å²) < 4.78 is 0. The molecule has 1 heterocycles. The lowest BCUT2D eigenvalue weighted by molar-refractivity contribution is 0.273. The minimum Gasteiger partial charge on any atom is -0.396 e. The highest BCUT2D eigenvalue weighted by Crippen LogP contribution is 2.18. The number of aliphatic hydroxyl groups is 1. The second kappa shape index (κ2) is 3.14. The van der Waals surface area contributed by atoms with Gasteiger partial charge in [0.1, 0.15) is 11.0 Å². The molecule has 0 radical (unpaired) electrons. The van der Waals surface area contributed by atoms with E-state index < -0.39 is 0 Å². The minimum absolute atomic E-state index is 0.154. The molecule has 1 unspecified atom stereocenters. The quantitative estimate of drug-likeness (QED) is 0.720. The highest BCUT2D eigenvalue weighted by atomic mass is 16.3. The number of rotatable bonds is 2. The lowest BCUT2D eigenvalue weighted by Crippen LogP contribution is -1.98. The van der Waals surface area contributed by atoms with Gasteiger partial charge >= 0.3 is 0 Å². The zero-order chi connectivity index (χ0) is 9.26. The van der Waals surface area contributed by atoms with Crippen molar-refractivity contribution in [2.45, 2.75) is 12.8 Å². The van der Waals surface area contributed by atoms with Gasteiger partial charge in [0.25, 0.3) is 0 Å². The Morgan fingerprint density at radius 2 is 2.15 bits per heavy atom. The number of hydrogen-bond acceptors (Lipinski definition) is 3. The van der Waals surface area contributed by atoms with Gasteiger partial charge in [0.2, 0.25) is 0 Å². The first-order valence-electron chi connectivity index (χ1n) is 4.22. The van der Waals surface area contributed by atoms with Crippen molar-refractivity contribution < 1.29 is 5.11 Å². The average Bonchev–Trinajstić information content (AvgIpc) is 2.63. The Balaban J connectivity index is 2.48. The van der Waals surface area contributed by atoms with Crippen molar-refractivity contribution in [3.05, 3.63) is 23.8 Å². The molecule has 2 aromatic rings. The average molecular weight is 177 g/mol. The van der Waals surface area contributed by atoms with Crippen LogP contribution in [-0.2, 0) is 0 Å². The van der Waals surface area contributed by atoms with Gasteiger partial charge in [-0.3, -0.25) is 0 Å². The fourth-order valence-corrected chi connectivity index (χ4v) is 1.27. The molecule has 0 saturated heterocycles. The van der Waals surface area contributed by atoms with Crippen molar-refractivity contribution in [2.75, 3.05) is 6.61 Å². The fraction of sp³-hybridized carbons (Fsp3) is 0.333. The van der Waals surface area contributed by atoms with Gasteiger partial charge in [0.05, 0.1) is 0 Å². The van der Waals surface area contributed by atoms with Gasteiger partial charge in [-0.1, -0.05) is 13.0 Å². The second-order valence-corrected chi connectivity index (χ2v) is 3.16. The molecule has 68 valence electrons. The van der Waals surface area contributed by atoms with Crippen LogP contribution >= 0.6 is 0 Å². The molecule has 4 nitrogen and oxygen atoms in total. The zero-order valence-corrected chi connectivity index (χ0v) is 7.36. The molecule has 0 aliphatic carbocycles. The normalized spacial score (nSPS) is 13.4. The molecule has 13 heavy (non-hydrogen) atoms. The molecule has 0 saturated carbocycles. The van der Waals surface area contributed by atoms with E-state index in [4.69, 9.17) is 5.11 Å². The van der Waals surface area contributed by atoms with Crippen molar-refractivity contribution in [3.8, 4) is 0 Å². The molecule has 1 aromatic heterocycles. The second-order valence-electron chi connectivity index (χ2n) is 3.16. The summed E-state index contributed by atoms with van der Waals surface area (Å²) >= 11 is 0. The van der Waals surface area contributed by atoms with Crippen LogP contribution in [0.4, 0.5) is 0 Å². The number of nitrogens with one attached hydrogen (secondary N) is 1. The van der Waals surface area contributed by atoms with E-state index in [1.807, 2.05) is 25.1 Å². The number of H-pyrrole nitrogens is 1. The van der Waals surface area contributed by atoms with Gasteiger partial charge in [-0.05, 0) is 17.7 Å². The molecule has 1 atom stereocenters. The Morgan fingerprint density at radius 3 is 2.92 bits per heavy atom. The van der Waals surface area contributed by atoms with E-state index in [1.165, 1.54) is 0 Å². The molecular formula is C9H11N3O. The maximum Gasteiger partial charge on any atom is 0.113 e. The highest BCUT2D eigenvalue weighted by Gasteiger charge is 2.05. The zero-order valence-electron chi connectivity index (χ0n) is 7.36. The Labute approximate surface area is 75.6 Å². The summed E-state index contributed by atoms with van der Waals surface area (Å²) in [4.78, 5) is 0. The molecule has 1 aromatic carbocycles. The van der Waals surface area contributed by atoms with E-state index in [1.54, 1.807) is 0 Å². The highest BCUT2D eigenvalue weighted by molar-refractivity contribution is 5.74. The van der Waals surface area contributed by atoms with Crippen LogP contribution in [-0.4, -0.2) is 27.1 Å². The van der Waals surface area contributed by atoms with Crippen molar-refractivity contribution >= 4 is 11.0 Å². The Hall–Kier alpha value is -1.42. The van der Waals surface area contributed by atoms with Crippen molar-refractivity contribution in [1.29, 1.82) is 0 Å². The maximum atomic E-state index is 8.97. The maximum absolute atomic E-state index is 8.97. The molecule has 2 rings (SSSR count). The Kier molecular flexibility index (Phi) is 1.98. The van der Waals surface area contributed by atoms with Gasteiger partial charge in [-0.2, -0.15) is 15.4 Å². The molecule has 0 bridgehead atoms. The Morgan fingerprint density at radius 1 is 1.38 bits per heavy atom. The molecule has 0 spiro atoms. The number of nitrogens with zero attached hydrogens (tertiary/aromatic N) is 2. The summed E-state index contributed by atoms with van der Waals surface area (Å²) in [5.41, 5.74) is 2.79. The van der Waals surface area contributed by atoms with Gasteiger partial charge in [-0.15, -0.1) is 0 Å². The van der Waals surface area contributed by atoms with Crippen molar-refractivity contribution in [2.24, 2.45) is 0 Å². The molecule has 0 aliphatic heterocycles. The lowest BCUT2D eigenvalue weighted by Gasteiger charge is -2.06. The van der Waals surface area contributed by atoms with Gasteiger partial charge in [-0.25, -0.2) is 0 Å². The van der Waals surface area contributed by atoms with Crippen LogP contribution in [0.3, 0.4) is 0 Å². The topological polar surface area (TPSA) is 61.8 Å².